The zero-order valence-electron chi connectivity index (χ0n) is 17.3. The molecule has 3 rings (SSSR count). The van der Waals surface area contributed by atoms with Crippen LogP contribution in [-0.2, 0) is 10.0 Å². The predicted octanol–water partition coefficient (Wildman–Crippen LogP) is 4.21. The standard InChI is InChI=1S/C20H28ClFN4O3S2/c1-20(27)12-14(25-13-20)6-4-2-3-5-7-23-17-11-16(22)18(10-15(17)21)31(28,29)26-19-24-8-9-30-19/h8-11,14,23,25,27H,2-7,12-13H2,1H3,(H,24,26)/t14-,20?/m1/s1. The van der Waals surface area contributed by atoms with E-state index in [2.05, 4.69) is 20.3 Å². The number of unbranched alkanes of at least 4 members (excludes halogenated alkanes) is 3. The molecule has 0 radical (unpaired) electrons. The summed E-state index contributed by atoms with van der Waals surface area (Å²) in [7, 11) is -4.11. The maximum absolute atomic E-state index is 14.5. The van der Waals surface area contributed by atoms with E-state index in [-0.39, 0.29) is 10.2 Å². The molecule has 1 aliphatic heterocycles. The van der Waals surface area contributed by atoms with E-state index >= 15 is 0 Å². The molecule has 2 heterocycles. The summed E-state index contributed by atoms with van der Waals surface area (Å²) in [6.45, 7) is 3.12. The maximum atomic E-state index is 14.5. The molecular weight excluding hydrogens is 463 g/mol. The summed E-state index contributed by atoms with van der Waals surface area (Å²) in [5, 5.41) is 18.3. The van der Waals surface area contributed by atoms with Gasteiger partial charge in [0.2, 0.25) is 0 Å². The quantitative estimate of drug-likeness (QED) is 0.352. The lowest BCUT2D eigenvalue weighted by molar-refractivity contribution is 0.0789. The Morgan fingerprint density at radius 2 is 2.13 bits per heavy atom. The van der Waals surface area contributed by atoms with Crippen molar-refractivity contribution in [2.45, 2.75) is 62.0 Å². The highest BCUT2D eigenvalue weighted by Gasteiger charge is 2.31. The number of anilines is 2. The first-order valence-corrected chi connectivity index (χ1v) is 13.0. The van der Waals surface area contributed by atoms with E-state index in [9.17, 15) is 17.9 Å². The summed E-state index contributed by atoms with van der Waals surface area (Å²) in [4.78, 5) is 3.33. The van der Waals surface area contributed by atoms with Crippen molar-refractivity contribution in [1.29, 1.82) is 0 Å². The minimum atomic E-state index is -4.11. The Kier molecular flexibility index (Phi) is 8.14. The Morgan fingerprint density at radius 1 is 1.35 bits per heavy atom. The Bertz CT molecular complexity index is 971. The summed E-state index contributed by atoms with van der Waals surface area (Å²) in [5.41, 5.74) is -0.223. The van der Waals surface area contributed by atoms with Crippen molar-refractivity contribution in [3.8, 4) is 0 Å². The van der Waals surface area contributed by atoms with Crippen LogP contribution in [0.2, 0.25) is 5.02 Å². The van der Waals surface area contributed by atoms with E-state index in [0.717, 1.165) is 62.0 Å². The largest absolute Gasteiger partial charge is 0.389 e. The monoisotopic (exact) mass is 490 g/mol. The third-order valence-electron chi connectivity index (χ3n) is 5.22. The van der Waals surface area contributed by atoms with Crippen LogP contribution in [0.5, 0.6) is 0 Å². The van der Waals surface area contributed by atoms with Gasteiger partial charge in [0.05, 0.1) is 16.3 Å². The van der Waals surface area contributed by atoms with Gasteiger partial charge in [0.1, 0.15) is 10.7 Å². The first-order chi connectivity index (χ1) is 14.7. The molecule has 31 heavy (non-hydrogen) atoms. The van der Waals surface area contributed by atoms with E-state index < -0.39 is 26.3 Å². The van der Waals surface area contributed by atoms with Crippen molar-refractivity contribution in [1.82, 2.24) is 10.3 Å². The molecule has 1 fully saturated rings. The molecule has 2 atom stereocenters. The molecule has 0 bridgehead atoms. The average molecular weight is 491 g/mol. The molecular formula is C20H28ClFN4O3S2. The van der Waals surface area contributed by atoms with Crippen LogP contribution in [0.15, 0.2) is 28.6 Å². The van der Waals surface area contributed by atoms with Gasteiger partial charge in [-0.05, 0) is 38.3 Å². The minimum absolute atomic E-state index is 0.139. The van der Waals surface area contributed by atoms with Crippen LogP contribution in [0.3, 0.4) is 0 Å². The lowest BCUT2D eigenvalue weighted by Gasteiger charge is -2.14. The smallest absolute Gasteiger partial charge is 0.266 e. The van der Waals surface area contributed by atoms with Crippen molar-refractivity contribution in [3.63, 3.8) is 0 Å². The van der Waals surface area contributed by atoms with Crippen LogP contribution in [0, 0.1) is 5.82 Å². The van der Waals surface area contributed by atoms with Crippen LogP contribution in [0.25, 0.3) is 0 Å². The molecule has 1 aromatic heterocycles. The Hall–Kier alpha value is -1.46. The third-order valence-corrected chi connectivity index (χ3v) is 7.70. The lowest BCUT2D eigenvalue weighted by atomic mass is 9.99. The normalized spacial score (nSPS) is 21.4. The van der Waals surface area contributed by atoms with Crippen molar-refractivity contribution in [3.05, 3.63) is 34.5 Å². The molecule has 0 spiro atoms. The average Bonchev–Trinajstić information content (AvgIpc) is 3.31. The molecule has 1 saturated heterocycles. The molecule has 2 aromatic rings. The molecule has 4 N–H and O–H groups in total. The topological polar surface area (TPSA) is 103 Å². The number of nitrogens with one attached hydrogen (secondary N) is 3. The fourth-order valence-corrected chi connectivity index (χ4v) is 5.82. The molecule has 1 unspecified atom stereocenters. The van der Waals surface area contributed by atoms with Crippen LogP contribution in [-0.4, -0.2) is 43.2 Å². The van der Waals surface area contributed by atoms with Crippen LogP contribution < -0.4 is 15.4 Å². The van der Waals surface area contributed by atoms with Crippen molar-refractivity contribution < 1.29 is 17.9 Å². The highest BCUT2D eigenvalue weighted by atomic mass is 35.5. The number of aromatic nitrogens is 1. The van der Waals surface area contributed by atoms with Gasteiger partial charge in [-0.1, -0.05) is 30.9 Å². The molecule has 0 saturated carbocycles. The summed E-state index contributed by atoms with van der Waals surface area (Å²) in [6, 6.07) is 2.60. The molecule has 11 heteroatoms. The number of thiazole rings is 1. The second-order valence-electron chi connectivity index (χ2n) is 8.11. The molecule has 1 aromatic carbocycles. The van der Waals surface area contributed by atoms with Crippen LogP contribution in [0.1, 0.15) is 45.4 Å². The summed E-state index contributed by atoms with van der Waals surface area (Å²) in [5.74, 6) is -0.879. The number of aliphatic hydroxyl groups is 1. The van der Waals surface area contributed by atoms with Gasteiger partial charge in [-0.3, -0.25) is 4.72 Å². The summed E-state index contributed by atoms with van der Waals surface area (Å²) < 4.78 is 41.5. The van der Waals surface area contributed by atoms with Gasteiger partial charge in [-0.25, -0.2) is 17.8 Å². The molecule has 1 aliphatic rings. The number of nitrogens with zero attached hydrogens (tertiary/aromatic N) is 1. The van der Waals surface area contributed by atoms with E-state index in [0.29, 0.717) is 24.8 Å². The Balaban J connectivity index is 1.42. The summed E-state index contributed by atoms with van der Waals surface area (Å²) in [6.07, 6.45) is 7.36. The number of halogens is 2. The Labute approximate surface area is 191 Å². The lowest BCUT2D eigenvalue weighted by Crippen LogP contribution is -2.26. The van der Waals surface area contributed by atoms with Gasteiger partial charge in [-0.15, -0.1) is 11.3 Å². The van der Waals surface area contributed by atoms with Gasteiger partial charge >= 0.3 is 0 Å². The highest BCUT2D eigenvalue weighted by Crippen LogP contribution is 2.29. The zero-order chi connectivity index (χ0) is 22.5. The number of hydrogen-bond acceptors (Lipinski definition) is 7. The van der Waals surface area contributed by atoms with Gasteiger partial charge in [0.25, 0.3) is 10.0 Å². The third kappa shape index (κ3) is 7.01. The van der Waals surface area contributed by atoms with Gasteiger partial charge in [-0.2, -0.15) is 0 Å². The number of rotatable bonds is 11. The Morgan fingerprint density at radius 3 is 2.81 bits per heavy atom. The molecule has 7 nitrogen and oxygen atoms in total. The fraction of sp³-hybridized carbons (Fsp3) is 0.550. The highest BCUT2D eigenvalue weighted by molar-refractivity contribution is 7.93. The number of hydrogen-bond donors (Lipinski definition) is 4. The SMILES string of the molecule is CC1(O)CN[C@H](CCCCCCNc2cc(F)c(S(=O)(=O)Nc3nccs3)cc2Cl)C1. The van der Waals surface area contributed by atoms with E-state index in [1.165, 1.54) is 6.20 Å². The van der Waals surface area contributed by atoms with Crippen molar-refractivity contribution in [2.24, 2.45) is 0 Å². The molecule has 172 valence electrons. The fourth-order valence-electron chi connectivity index (χ4n) is 3.65. The van der Waals surface area contributed by atoms with Crippen molar-refractivity contribution in [2.75, 3.05) is 23.1 Å². The van der Waals surface area contributed by atoms with Gasteiger partial charge in [0, 0.05) is 30.7 Å². The number of benzene rings is 1. The first-order valence-electron chi connectivity index (χ1n) is 10.3. The molecule has 0 amide bonds. The van der Waals surface area contributed by atoms with Gasteiger partial charge in [0.15, 0.2) is 5.13 Å². The van der Waals surface area contributed by atoms with E-state index in [1.807, 2.05) is 6.92 Å². The zero-order valence-corrected chi connectivity index (χ0v) is 19.7. The van der Waals surface area contributed by atoms with E-state index in [4.69, 9.17) is 11.6 Å². The number of sulfonamides is 1. The predicted molar refractivity (Wildman–Crippen MR) is 123 cm³/mol. The summed E-state index contributed by atoms with van der Waals surface area (Å²) >= 11 is 7.29. The first kappa shape index (κ1) is 24.2. The van der Waals surface area contributed by atoms with Gasteiger partial charge < -0.3 is 15.7 Å². The second-order valence-corrected chi connectivity index (χ2v) is 11.1. The number of β-amino-alcohol motifs (C(OH)–C–C–N with tert-alkyl or cyclic N) is 1. The van der Waals surface area contributed by atoms with Crippen LogP contribution >= 0.6 is 22.9 Å². The van der Waals surface area contributed by atoms with Crippen molar-refractivity contribution >= 4 is 43.8 Å². The minimum Gasteiger partial charge on any atom is -0.389 e. The second kappa shape index (κ2) is 10.4. The van der Waals surface area contributed by atoms with Crippen LogP contribution in [0.4, 0.5) is 15.2 Å². The molecule has 0 aliphatic carbocycles. The maximum Gasteiger partial charge on any atom is 0.266 e. The van der Waals surface area contributed by atoms with E-state index in [1.54, 1.807) is 5.38 Å².